The van der Waals surface area contributed by atoms with Crippen LogP contribution in [0.15, 0.2) is 18.2 Å². The fraction of sp³-hybridized carbons (Fsp3) is 0.500. The van der Waals surface area contributed by atoms with E-state index in [1.54, 1.807) is 12.1 Å². The van der Waals surface area contributed by atoms with E-state index >= 15 is 0 Å². The van der Waals surface area contributed by atoms with Crippen molar-refractivity contribution in [2.75, 3.05) is 0 Å². The van der Waals surface area contributed by atoms with Gasteiger partial charge in [0.05, 0.1) is 6.07 Å². The van der Waals surface area contributed by atoms with E-state index in [2.05, 4.69) is 0 Å². The summed E-state index contributed by atoms with van der Waals surface area (Å²) in [5.41, 5.74) is 2.33. The maximum absolute atomic E-state index is 13.8. The average Bonchev–Trinajstić information content (AvgIpc) is 2.36. The highest BCUT2D eigenvalue weighted by Gasteiger charge is 2.31. The lowest BCUT2D eigenvalue weighted by Gasteiger charge is -2.20. The Morgan fingerprint density at radius 2 is 1.88 bits per heavy atom. The maximum atomic E-state index is 13.8. The molecule has 3 heteroatoms. The van der Waals surface area contributed by atoms with Crippen LogP contribution in [-0.4, -0.2) is 0 Å². The topological polar surface area (TPSA) is 23.8 Å². The summed E-state index contributed by atoms with van der Waals surface area (Å²) in [7, 11) is 0. The minimum Gasteiger partial charge on any atom is -0.201 e. The van der Waals surface area contributed by atoms with Crippen LogP contribution in [0, 0.1) is 11.3 Å². The van der Waals surface area contributed by atoms with E-state index in [-0.39, 0.29) is 18.4 Å². The van der Waals surface area contributed by atoms with Gasteiger partial charge in [0.1, 0.15) is 0 Å². The second-order valence-electron chi connectivity index (χ2n) is 4.55. The first-order valence-corrected chi connectivity index (χ1v) is 6.00. The van der Waals surface area contributed by atoms with Crippen molar-refractivity contribution in [2.24, 2.45) is 0 Å². The van der Waals surface area contributed by atoms with Gasteiger partial charge in [0.15, 0.2) is 0 Å². The van der Waals surface area contributed by atoms with Gasteiger partial charge in [-0.3, -0.25) is 0 Å². The van der Waals surface area contributed by atoms with E-state index in [1.807, 2.05) is 6.07 Å². The summed E-state index contributed by atoms with van der Waals surface area (Å²) in [5.74, 6) is -2.87. The van der Waals surface area contributed by atoms with Crippen LogP contribution in [0.2, 0.25) is 0 Å². The number of benzene rings is 1. The minimum atomic E-state index is -2.87. The van der Waals surface area contributed by atoms with Crippen molar-refractivity contribution in [3.05, 3.63) is 34.9 Å². The SMILES string of the molecule is N#CCCC(F)(F)c1ccc2c(c1)CCCC2. The average molecular weight is 235 g/mol. The number of aryl methyl sites for hydroxylation is 2. The van der Waals surface area contributed by atoms with Gasteiger partial charge < -0.3 is 0 Å². The van der Waals surface area contributed by atoms with Crippen LogP contribution in [0.4, 0.5) is 8.78 Å². The van der Waals surface area contributed by atoms with Gasteiger partial charge in [-0.15, -0.1) is 0 Å². The summed E-state index contributed by atoms with van der Waals surface area (Å²) in [6.07, 6.45) is 3.64. The van der Waals surface area contributed by atoms with E-state index in [4.69, 9.17) is 5.26 Å². The van der Waals surface area contributed by atoms with Crippen molar-refractivity contribution in [2.45, 2.75) is 44.4 Å². The predicted molar refractivity (Wildman–Crippen MR) is 61.8 cm³/mol. The molecule has 0 amide bonds. The third-order valence-electron chi connectivity index (χ3n) is 3.32. The molecule has 1 aromatic carbocycles. The van der Waals surface area contributed by atoms with Crippen LogP contribution in [-0.2, 0) is 18.8 Å². The minimum absolute atomic E-state index is 0.0633. The molecule has 1 nitrogen and oxygen atoms in total. The van der Waals surface area contributed by atoms with Gasteiger partial charge in [-0.1, -0.05) is 12.1 Å². The van der Waals surface area contributed by atoms with Crippen molar-refractivity contribution in [3.8, 4) is 6.07 Å². The molecule has 17 heavy (non-hydrogen) atoms. The molecule has 0 aromatic heterocycles. The Morgan fingerprint density at radius 3 is 2.59 bits per heavy atom. The number of halogens is 2. The van der Waals surface area contributed by atoms with Gasteiger partial charge in [0, 0.05) is 18.4 Å². The second-order valence-corrected chi connectivity index (χ2v) is 4.55. The molecule has 0 aliphatic heterocycles. The monoisotopic (exact) mass is 235 g/mol. The molecule has 1 aliphatic rings. The van der Waals surface area contributed by atoms with Crippen molar-refractivity contribution < 1.29 is 8.78 Å². The molecule has 0 N–H and O–H groups in total. The van der Waals surface area contributed by atoms with Crippen molar-refractivity contribution in [1.82, 2.24) is 0 Å². The number of nitriles is 1. The smallest absolute Gasteiger partial charge is 0.201 e. The van der Waals surface area contributed by atoms with E-state index in [0.717, 1.165) is 31.2 Å². The standard InChI is InChI=1S/C14H15F2N/c15-14(16,8-3-9-17)13-7-6-11-4-1-2-5-12(11)10-13/h6-7,10H,1-5,8H2. The van der Waals surface area contributed by atoms with Gasteiger partial charge in [-0.05, 0) is 42.9 Å². The fourth-order valence-corrected chi connectivity index (χ4v) is 2.32. The van der Waals surface area contributed by atoms with E-state index < -0.39 is 5.92 Å². The van der Waals surface area contributed by atoms with Crippen molar-refractivity contribution in [3.63, 3.8) is 0 Å². The lowest BCUT2D eigenvalue weighted by atomic mass is 9.89. The summed E-state index contributed by atoms with van der Waals surface area (Å²) in [6.45, 7) is 0. The second kappa shape index (κ2) is 4.83. The number of nitrogens with zero attached hydrogens (tertiary/aromatic N) is 1. The first-order valence-electron chi connectivity index (χ1n) is 6.00. The molecule has 0 atom stereocenters. The van der Waals surface area contributed by atoms with Gasteiger partial charge in [-0.25, -0.2) is 8.78 Å². The van der Waals surface area contributed by atoms with Crippen LogP contribution in [0.3, 0.4) is 0 Å². The number of alkyl halides is 2. The van der Waals surface area contributed by atoms with Gasteiger partial charge in [0.2, 0.25) is 0 Å². The normalized spacial score (nSPS) is 15.1. The third-order valence-corrected chi connectivity index (χ3v) is 3.32. The Kier molecular flexibility index (Phi) is 3.42. The molecule has 0 heterocycles. The zero-order valence-electron chi connectivity index (χ0n) is 9.68. The molecule has 0 saturated carbocycles. The molecular weight excluding hydrogens is 220 g/mol. The first-order chi connectivity index (χ1) is 8.13. The summed E-state index contributed by atoms with van der Waals surface area (Å²) < 4.78 is 27.5. The zero-order chi connectivity index (χ0) is 12.3. The van der Waals surface area contributed by atoms with Crippen LogP contribution in [0.25, 0.3) is 0 Å². The number of fused-ring (bicyclic) bond motifs is 1. The van der Waals surface area contributed by atoms with Crippen LogP contribution < -0.4 is 0 Å². The van der Waals surface area contributed by atoms with Crippen molar-refractivity contribution in [1.29, 1.82) is 5.26 Å². The Labute approximate surface area is 100 Å². The number of rotatable bonds is 3. The molecule has 0 bridgehead atoms. The molecule has 0 saturated heterocycles. The maximum Gasteiger partial charge on any atom is 0.274 e. The summed E-state index contributed by atoms with van der Waals surface area (Å²) in [4.78, 5) is 0. The molecule has 1 aromatic rings. The Balaban J connectivity index is 2.24. The molecule has 0 fully saturated rings. The van der Waals surface area contributed by atoms with Crippen LogP contribution >= 0.6 is 0 Å². The zero-order valence-corrected chi connectivity index (χ0v) is 9.68. The molecule has 90 valence electrons. The number of hydrogen-bond acceptors (Lipinski definition) is 1. The molecule has 0 radical (unpaired) electrons. The van der Waals surface area contributed by atoms with E-state index in [9.17, 15) is 8.78 Å². The molecule has 0 spiro atoms. The highest BCUT2D eigenvalue weighted by Crippen LogP contribution is 2.35. The lowest BCUT2D eigenvalue weighted by Crippen LogP contribution is -2.14. The van der Waals surface area contributed by atoms with Crippen LogP contribution in [0.1, 0.15) is 42.4 Å². The summed E-state index contributed by atoms with van der Waals surface area (Å²) in [6, 6.07) is 6.75. The van der Waals surface area contributed by atoms with Crippen molar-refractivity contribution >= 4 is 0 Å². The molecule has 2 rings (SSSR count). The van der Waals surface area contributed by atoms with Gasteiger partial charge in [0.25, 0.3) is 5.92 Å². The lowest BCUT2D eigenvalue weighted by molar-refractivity contribution is -0.0120. The Morgan fingerprint density at radius 1 is 1.18 bits per heavy atom. The number of hydrogen-bond donors (Lipinski definition) is 0. The Hall–Kier alpha value is -1.43. The van der Waals surface area contributed by atoms with Gasteiger partial charge in [-0.2, -0.15) is 5.26 Å². The first kappa shape index (κ1) is 12.0. The van der Waals surface area contributed by atoms with E-state index in [0.29, 0.717) is 0 Å². The van der Waals surface area contributed by atoms with E-state index in [1.165, 1.54) is 11.6 Å². The molecular formula is C14H15F2N. The Bertz CT molecular complexity index is 446. The largest absolute Gasteiger partial charge is 0.274 e. The predicted octanol–water partition coefficient (Wildman–Crippen LogP) is 3.96. The summed E-state index contributed by atoms with van der Waals surface area (Å²) in [5, 5.41) is 8.39. The highest BCUT2D eigenvalue weighted by molar-refractivity contribution is 5.35. The highest BCUT2D eigenvalue weighted by atomic mass is 19.3. The molecule has 1 aliphatic carbocycles. The quantitative estimate of drug-likeness (QED) is 0.777. The molecule has 0 unspecified atom stereocenters. The van der Waals surface area contributed by atoms with Crippen LogP contribution in [0.5, 0.6) is 0 Å². The summed E-state index contributed by atoms with van der Waals surface area (Å²) >= 11 is 0. The third kappa shape index (κ3) is 2.63. The van der Waals surface area contributed by atoms with Gasteiger partial charge >= 0.3 is 0 Å². The fourth-order valence-electron chi connectivity index (χ4n) is 2.32.